The molecule has 0 radical (unpaired) electrons. The van der Waals surface area contributed by atoms with E-state index in [1.54, 1.807) is 12.5 Å². The molecule has 1 aliphatic heterocycles. The summed E-state index contributed by atoms with van der Waals surface area (Å²) < 4.78 is 5.03. The molecule has 3 rings (SSSR count). The molecule has 2 N–H and O–H groups in total. The van der Waals surface area contributed by atoms with Gasteiger partial charge in [-0.3, -0.25) is 4.79 Å². The maximum absolute atomic E-state index is 11.9. The lowest BCUT2D eigenvalue weighted by Gasteiger charge is -2.10. The monoisotopic (exact) mass is 277 g/mol. The maximum Gasteiger partial charge on any atom is 0.226 e. The number of furan rings is 1. The van der Waals surface area contributed by atoms with Crippen molar-refractivity contribution in [2.75, 3.05) is 13.1 Å². The lowest BCUT2D eigenvalue weighted by Crippen LogP contribution is -2.37. The van der Waals surface area contributed by atoms with Crippen LogP contribution < -0.4 is 10.6 Å². The second-order valence-corrected chi connectivity index (χ2v) is 5.45. The molecule has 2 aromatic heterocycles. The van der Waals surface area contributed by atoms with Crippen molar-refractivity contribution < 1.29 is 9.21 Å². The number of nitrogens with zero attached hydrogens (tertiary/aromatic N) is 1. The Morgan fingerprint density at radius 2 is 2.58 bits per heavy atom. The van der Waals surface area contributed by atoms with Crippen LogP contribution in [0, 0.1) is 0 Å². The Labute approximate surface area is 115 Å². The zero-order valence-electron chi connectivity index (χ0n) is 10.4. The van der Waals surface area contributed by atoms with Gasteiger partial charge in [-0.1, -0.05) is 0 Å². The Kier molecular flexibility index (Phi) is 3.61. The lowest BCUT2D eigenvalue weighted by atomic mass is 10.2. The third kappa shape index (κ3) is 3.02. The predicted molar refractivity (Wildman–Crippen MR) is 72.9 cm³/mol. The SMILES string of the molecule is O=C(Cc1csc(-c2ccoc2)n1)NC1CCNC1. The van der Waals surface area contributed by atoms with Crippen LogP contribution in [0.2, 0.25) is 0 Å². The fourth-order valence-corrected chi connectivity index (χ4v) is 2.93. The van der Waals surface area contributed by atoms with Gasteiger partial charge in [-0.2, -0.15) is 0 Å². The summed E-state index contributed by atoms with van der Waals surface area (Å²) >= 11 is 1.53. The first-order valence-electron chi connectivity index (χ1n) is 6.28. The normalized spacial score (nSPS) is 18.6. The van der Waals surface area contributed by atoms with Gasteiger partial charge in [0.05, 0.1) is 18.4 Å². The van der Waals surface area contributed by atoms with Crippen molar-refractivity contribution in [1.82, 2.24) is 15.6 Å². The molecule has 1 aliphatic rings. The number of carbonyl (C=O) groups excluding carboxylic acids is 1. The van der Waals surface area contributed by atoms with Gasteiger partial charge in [0.15, 0.2) is 0 Å². The van der Waals surface area contributed by atoms with Crippen LogP contribution in [0.3, 0.4) is 0 Å². The summed E-state index contributed by atoms with van der Waals surface area (Å²) in [7, 11) is 0. The Balaban J connectivity index is 1.59. The van der Waals surface area contributed by atoms with E-state index in [0.29, 0.717) is 6.42 Å². The minimum absolute atomic E-state index is 0.0396. The van der Waals surface area contributed by atoms with Crippen LogP contribution in [0.25, 0.3) is 10.6 Å². The van der Waals surface area contributed by atoms with Crippen molar-refractivity contribution in [3.05, 3.63) is 29.7 Å². The highest BCUT2D eigenvalue weighted by atomic mass is 32.1. The van der Waals surface area contributed by atoms with Crippen molar-refractivity contribution in [2.24, 2.45) is 0 Å². The topological polar surface area (TPSA) is 67.2 Å². The molecule has 1 unspecified atom stereocenters. The smallest absolute Gasteiger partial charge is 0.226 e. The van der Waals surface area contributed by atoms with E-state index in [1.165, 1.54) is 11.3 Å². The van der Waals surface area contributed by atoms with Gasteiger partial charge in [-0.05, 0) is 19.0 Å². The first kappa shape index (κ1) is 12.4. The summed E-state index contributed by atoms with van der Waals surface area (Å²) in [6.45, 7) is 1.84. The summed E-state index contributed by atoms with van der Waals surface area (Å²) in [5.74, 6) is 0.0396. The zero-order chi connectivity index (χ0) is 13.1. The lowest BCUT2D eigenvalue weighted by molar-refractivity contribution is -0.121. The first-order valence-corrected chi connectivity index (χ1v) is 7.16. The molecule has 19 heavy (non-hydrogen) atoms. The number of amides is 1. The van der Waals surface area contributed by atoms with Crippen LogP contribution in [0.5, 0.6) is 0 Å². The van der Waals surface area contributed by atoms with Gasteiger partial charge in [0.25, 0.3) is 0 Å². The van der Waals surface area contributed by atoms with E-state index < -0.39 is 0 Å². The van der Waals surface area contributed by atoms with Crippen LogP contribution >= 0.6 is 11.3 Å². The van der Waals surface area contributed by atoms with Crippen molar-refractivity contribution >= 4 is 17.2 Å². The zero-order valence-corrected chi connectivity index (χ0v) is 11.2. The number of hydrogen-bond acceptors (Lipinski definition) is 5. The van der Waals surface area contributed by atoms with E-state index in [0.717, 1.165) is 35.8 Å². The summed E-state index contributed by atoms with van der Waals surface area (Å²) in [5, 5.41) is 9.05. The third-order valence-electron chi connectivity index (χ3n) is 3.09. The Morgan fingerprint density at radius 1 is 1.63 bits per heavy atom. The highest BCUT2D eigenvalue weighted by Gasteiger charge is 2.17. The van der Waals surface area contributed by atoms with Crippen molar-refractivity contribution in [3.63, 3.8) is 0 Å². The molecule has 2 aromatic rings. The van der Waals surface area contributed by atoms with E-state index >= 15 is 0 Å². The van der Waals surface area contributed by atoms with E-state index in [9.17, 15) is 4.79 Å². The number of hydrogen-bond donors (Lipinski definition) is 2. The quantitative estimate of drug-likeness (QED) is 0.887. The molecule has 5 nitrogen and oxygen atoms in total. The van der Waals surface area contributed by atoms with E-state index in [2.05, 4.69) is 15.6 Å². The molecule has 1 saturated heterocycles. The Bertz CT molecular complexity index is 544. The molecular formula is C13H15N3O2S. The number of rotatable bonds is 4. The second-order valence-electron chi connectivity index (χ2n) is 4.59. The van der Waals surface area contributed by atoms with Crippen molar-refractivity contribution in [3.8, 4) is 10.6 Å². The van der Waals surface area contributed by atoms with Gasteiger partial charge < -0.3 is 15.1 Å². The van der Waals surface area contributed by atoms with Crippen molar-refractivity contribution in [1.29, 1.82) is 0 Å². The highest BCUT2D eigenvalue weighted by molar-refractivity contribution is 7.13. The number of nitrogens with one attached hydrogen (secondary N) is 2. The fraction of sp³-hybridized carbons (Fsp3) is 0.385. The predicted octanol–water partition coefficient (Wildman–Crippen LogP) is 1.42. The maximum atomic E-state index is 11.9. The first-order chi connectivity index (χ1) is 9.31. The standard InChI is InChI=1S/C13H15N3O2S/c17-12(15-10-1-3-14-6-10)5-11-8-19-13(16-11)9-2-4-18-7-9/h2,4,7-8,10,14H,1,3,5-6H2,(H,15,17). The van der Waals surface area contributed by atoms with Gasteiger partial charge in [0.2, 0.25) is 5.91 Å². The van der Waals surface area contributed by atoms with Crippen LogP contribution in [-0.2, 0) is 11.2 Å². The summed E-state index contributed by atoms with van der Waals surface area (Å²) in [6, 6.07) is 2.13. The molecular weight excluding hydrogens is 262 g/mol. The molecule has 6 heteroatoms. The van der Waals surface area contributed by atoms with Gasteiger partial charge in [-0.25, -0.2) is 4.98 Å². The van der Waals surface area contributed by atoms with Crippen LogP contribution in [0.15, 0.2) is 28.4 Å². The second kappa shape index (κ2) is 5.54. The van der Waals surface area contributed by atoms with Crippen LogP contribution in [-0.4, -0.2) is 30.0 Å². The number of thiazole rings is 1. The van der Waals surface area contributed by atoms with E-state index in [-0.39, 0.29) is 11.9 Å². The minimum atomic E-state index is 0.0396. The van der Waals surface area contributed by atoms with Crippen LogP contribution in [0.1, 0.15) is 12.1 Å². The molecule has 0 aromatic carbocycles. The third-order valence-corrected chi connectivity index (χ3v) is 4.03. The van der Waals surface area contributed by atoms with E-state index in [4.69, 9.17) is 4.42 Å². The molecule has 0 saturated carbocycles. The average molecular weight is 277 g/mol. The summed E-state index contributed by atoms with van der Waals surface area (Å²) in [4.78, 5) is 16.3. The fourth-order valence-electron chi connectivity index (χ4n) is 2.13. The molecule has 0 aliphatic carbocycles. The largest absolute Gasteiger partial charge is 0.472 e. The van der Waals surface area contributed by atoms with Gasteiger partial charge in [0, 0.05) is 23.5 Å². The summed E-state index contributed by atoms with van der Waals surface area (Å²) in [6.07, 6.45) is 4.62. The van der Waals surface area contributed by atoms with Crippen LogP contribution in [0.4, 0.5) is 0 Å². The molecule has 3 heterocycles. The molecule has 1 atom stereocenters. The Morgan fingerprint density at radius 3 is 3.32 bits per heavy atom. The highest BCUT2D eigenvalue weighted by Crippen LogP contribution is 2.24. The van der Waals surface area contributed by atoms with Crippen molar-refractivity contribution in [2.45, 2.75) is 18.9 Å². The molecule has 100 valence electrons. The molecule has 1 amide bonds. The molecule has 0 bridgehead atoms. The van der Waals surface area contributed by atoms with E-state index in [1.807, 2.05) is 11.4 Å². The minimum Gasteiger partial charge on any atom is -0.472 e. The van der Waals surface area contributed by atoms with Gasteiger partial charge in [0.1, 0.15) is 11.3 Å². The number of aromatic nitrogens is 1. The number of carbonyl (C=O) groups is 1. The Hall–Kier alpha value is -1.66. The van der Waals surface area contributed by atoms with Gasteiger partial charge >= 0.3 is 0 Å². The average Bonchev–Trinajstić information content (AvgIpc) is 3.09. The molecule has 1 fully saturated rings. The summed E-state index contributed by atoms with van der Waals surface area (Å²) in [5.41, 5.74) is 1.77. The van der Waals surface area contributed by atoms with Gasteiger partial charge in [-0.15, -0.1) is 11.3 Å². The molecule has 0 spiro atoms.